The number of carbonyl (C=O) groups is 1. The van der Waals surface area contributed by atoms with E-state index in [4.69, 9.17) is 27.9 Å². The summed E-state index contributed by atoms with van der Waals surface area (Å²) in [7, 11) is 1.45. The first-order valence-corrected chi connectivity index (χ1v) is 10.2. The molecule has 1 heterocycles. The van der Waals surface area contributed by atoms with Crippen molar-refractivity contribution < 1.29 is 22.7 Å². The molecular formula is C19H17Cl2F3N2O2S. The lowest BCUT2D eigenvalue weighted by atomic mass is 9.86. The lowest BCUT2D eigenvalue weighted by Gasteiger charge is -2.28. The maximum absolute atomic E-state index is 13.0. The zero-order valence-electron chi connectivity index (χ0n) is 15.2. The Hall–Kier alpha value is -1.48. The molecule has 2 unspecified atom stereocenters. The number of halogens is 5. The number of alkyl halides is 3. The predicted octanol–water partition coefficient (Wildman–Crippen LogP) is 5.68. The molecule has 2 aliphatic rings. The van der Waals surface area contributed by atoms with Crippen LogP contribution in [0.3, 0.4) is 0 Å². The van der Waals surface area contributed by atoms with Crippen molar-refractivity contribution >= 4 is 51.7 Å². The summed E-state index contributed by atoms with van der Waals surface area (Å²) in [5.41, 5.74) is -0.204. The molecule has 1 aliphatic heterocycles. The Labute approximate surface area is 180 Å². The SMILES string of the molecule is COCC1(CC2C=C(C(F)(F)F)C=CC2)SC(=Nc2ccc(Cl)c(Cl)c2)NC1=O. The standard InChI is InChI=1S/C19H17Cl2F3N2O2S/c1-28-10-18(9-11-3-2-4-12(7-11)19(22,23)24)16(27)26-17(29-18)25-13-5-6-14(20)15(21)8-13/h2,4-8,11H,3,9-10H2,1H3,(H,25,26,27). The number of rotatable bonds is 5. The Morgan fingerprint density at radius 2 is 2.10 bits per heavy atom. The molecule has 1 aromatic rings. The topological polar surface area (TPSA) is 50.7 Å². The number of nitrogens with zero attached hydrogens (tertiary/aromatic N) is 1. The van der Waals surface area contributed by atoms with Crippen LogP contribution >= 0.6 is 35.0 Å². The fourth-order valence-electron chi connectivity index (χ4n) is 3.21. The summed E-state index contributed by atoms with van der Waals surface area (Å²) in [6.07, 6.45) is -0.0942. The quantitative estimate of drug-likeness (QED) is 0.609. The average Bonchev–Trinajstić information content (AvgIpc) is 2.93. The third-order valence-corrected chi connectivity index (χ3v) is 6.49. The summed E-state index contributed by atoms with van der Waals surface area (Å²) in [5, 5.41) is 3.73. The molecule has 1 aliphatic carbocycles. The second-order valence-electron chi connectivity index (χ2n) is 6.72. The Bertz CT molecular complexity index is 902. The molecule has 1 fully saturated rings. The molecular weight excluding hydrogens is 448 g/mol. The van der Waals surface area contributed by atoms with Gasteiger partial charge >= 0.3 is 6.18 Å². The van der Waals surface area contributed by atoms with Crippen LogP contribution in [-0.2, 0) is 9.53 Å². The Balaban J connectivity index is 1.84. The van der Waals surface area contributed by atoms with Crippen molar-refractivity contribution in [3.05, 3.63) is 52.0 Å². The van der Waals surface area contributed by atoms with Crippen LogP contribution in [0.2, 0.25) is 10.0 Å². The van der Waals surface area contributed by atoms with Crippen LogP contribution < -0.4 is 5.32 Å². The van der Waals surface area contributed by atoms with Crippen molar-refractivity contribution in [2.75, 3.05) is 13.7 Å². The lowest BCUT2D eigenvalue weighted by molar-refractivity contribution is -0.123. The molecule has 0 radical (unpaired) electrons. The van der Waals surface area contributed by atoms with Crippen LogP contribution in [0.5, 0.6) is 0 Å². The highest BCUT2D eigenvalue weighted by atomic mass is 35.5. The van der Waals surface area contributed by atoms with Gasteiger partial charge in [0.2, 0.25) is 5.91 Å². The van der Waals surface area contributed by atoms with Gasteiger partial charge in [-0.05, 0) is 37.0 Å². The van der Waals surface area contributed by atoms with E-state index in [2.05, 4.69) is 10.3 Å². The van der Waals surface area contributed by atoms with Gasteiger partial charge in [0, 0.05) is 7.11 Å². The number of thioether (sulfide) groups is 1. The first-order valence-electron chi connectivity index (χ1n) is 8.62. The molecule has 29 heavy (non-hydrogen) atoms. The minimum atomic E-state index is -4.42. The molecule has 1 N–H and O–H groups in total. The van der Waals surface area contributed by atoms with Crippen molar-refractivity contribution in [3.63, 3.8) is 0 Å². The normalized spacial score (nSPS) is 26.0. The van der Waals surface area contributed by atoms with Crippen LogP contribution in [-0.4, -0.2) is 35.7 Å². The molecule has 0 bridgehead atoms. The van der Waals surface area contributed by atoms with E-state index in [0.717, 1.165) is 17.8 Å². The second kappa shape index (κ2) is 8.71. The van der Waals surface area contributed by atoms with Crippen LogP contribution in [0.25, 0.3) is 0 Å². The van der Waals surface area contributed by atoms with Gasteiger partial charge in [-0.1, -0.05) is 53.2 Å². The number of methoxy groups -OCH3 is 1. The zero-order valence-corrected chi connectivity index (χ0v) is 17.6. The van der Waals surface area contributed by atoms with E-state index in [1.807, 2.05) is 0 Å². The smallest absolute Gasteiger partial charge is 0.383 e. The highest BCUT2D eigenvalue weighted by Gasteiger charge is 2.48. The minimum absolute atomic E-state index is 0.0410. The summed E-state index contributed by atoms with van der Waals surface area (Å²) in [5.74, 6) is -0.797. The number of carbonyl (C=O) groups excluding carboxylic acids is 1. The average molecular weight is 465 g/mol. The van der Waals surface area contributed by atoms with Crippen LogP contribution in [0.15, 0.2) is 47.0 Å². The van der Waals surface area contributed by atoms with Crippen molar-refractivity contribution in [3.8, 4) is 0 Å². The number of nitrogens with one attached hydrogen (secondary N) is 1. The molecule has 1 saturated heterocycles. The Morgan fingerprint density at radius 3 is 2.76 bits per heavy atom. The summed E-state index contributed by atoms with van der Waals surface area (Å²) in [6, 6.07) is 4.80. The first-order chi connectivity index (χ1) is 13.6. The molecule has 1 aromatic carbocycles. The van der Waals surface area contributed by atoms with E-state index in [9.17, 15) is 18.0 Å². The molecule has 3 rings (SSSR count). The van der Waals surface area contributed by atoms with Crippen LogP contribution in [0.1, 0.15) is 12.8 Å². The number of benzene rings is 1. The van der Waals surface area contributed by atoms with E-state index < -0.39 is 22.4 Å². The van der Waals surface area contributed by atoms with Gasteiger partial charge in [0.05, 0.1) is 27.9 Å². The summed E-state index contributed by atoms with van der Waals surface area (Å²) in [6.45, 7) is 0.0410. The minimum Gasteiger partial charge on any atom is -0.383 e. The molecule has 0 aromatic heterocycles. The maximum Gasteiger partial charge on any atom is 0.416 e. The van der Waals surface area contributed by atoms with Gasteiger partial charge in [-0.2, -0.15) is 13.2 Å². The van der Waals surface area contributed by atoms with E-state index >= 15 is 0 Å². The number of hydrogen-bond donors (Lipinski definition) is 1. The summed E-state index contributed by atoms with van der Waals surface area (Å²) in [4.78, 5) is 17.1. The maximum atomic E-state index is 13.0. The Morgan fingerprint density at radius 1 is 1.34 bits per heavy atom. The molecule has 0 saturated carbocycles. The van der Waals surface area contributed by atoms with Crippen LogP contribution in [0, 0.1) is 5.92 Å². The highest BCUT2D eigenvalue weighted by Crippen LogP contribution is 2.42. The predicted molar refractivity (Wildman–Crippen MR) is 110 cm³/mol. The van der Waals surface area contributed by atoms with E-state index in [0.29, 0.717) is 27.3 Å². The van der Waals surface area contributed by atoms with Gasteiger partial charge in [0.1, 0.15) is 4.75 Å². The van der Waals surface area contributed by atoms with Gasteiger partial charge in [0.25, 0.3) is 0 Å². The third-order valence-electron chi connectivity index (χ3n) is 4.51. The lowest BCUT2D eigenvalue weighted by Crippen LogP contribution is -2.42. The van der Waals surface area contributed by atoms with Gasteiger partial charge in [-0.15, -0.1) is 0 Å². The van der Waals surface area contributed by atoms with Crippen molar-refractivity contribution in [1.29, 1.82) is 0 Å². The highest BCUT2D eigenvalue weighted by molar-refractivity contribution is 8.16. The number of allylic oxidation sites excluding steroid dienone is 4. The van der Waals surface area contributed by atoms with Gasteiger partial charge < -0.3 is 10.1 Å². The third kappa shape index (κ3) is 5.17. The molecule has 0 spiro atoms. The van der Waals surface area contributed by atoms with Gasteiger partial charge in [0.15, 0.2) is 5.17 Å². The summed E-state index contributed by atoms with van der Waals surface area (Å²) < 4.78 is 43.3. The fourth-order valence-corrected chi connectivity index (χ4v) is 4.79. The number of aliphatic imine (C=N–C) groups is 1. The number of hydrogen-bond acceptors (Lipinski definition) is 4. The molecule has 1 amide bonds. The van der Waals surface area contributed by atoms with Crippen molar-refractivity contribution in [1.82, 2.24) is 5.32 Å². The molecule has 156 valence electrons. The van der Waals surface area contributed by atoms with Crippen molar-refractivity contribution in [2.45, 2.75) is 23.8 Å². The van der Waals surface area contributed by atoms with Crippen molar-refractivity contribution in [2.24, 2.45) is 10.9 Å². The number of amidine groups is 1. The molecule has 10 heteroatoms. The largest absolute Gasteiger partial charge is 0.416 e. The molecule has 2 atom stereocenters. The monoisotopic (exact) mass is 464 g/mol. The first kappa shape index (κ1) is 22.2. The second-order valence-corrected chi connectivity index (χ2v) is 8.91. The molecule has 4 nitrogen and oxygen atoms in total. The zero-order chi connectivity index (χ0) is 21.2. The Kier molecular flexibility index (Phi) is 6.67. The van der Waals surface area contributed by atoms with E-state index in [1.165, 1.54) is 19.3 Å². The van der Waals surface area contributed by atoms with Gasteiger partial charge in [-0.25, -0.2) is 4.99 Å². The van der Waals surface area contributed by atoms with E-state index in [1.54, 1.807) is 18.2 Å². The number of amides is 1. The van der Waals surface area contributed by atoms with E-state index in [-0.39, 0.29) is 18.9 Å². The fraction of sp³-hybridized carbons (Fsp3) is 0.368. The number of ether oxygens (including phenoxy) is 1. The van der Waals surface area contributed by atoms with Gasteiger partial charge in [-0.3, -0.25) is 4.79 Å². The summed E-state index contributed by atoms with van der Waals surface area (Å²) >= 11 is 13.0. The van der Waals surface area contributed by atoms with Crippen LogP contribution in [0.4, 0.5) is 18.9 Å².